The van der Waals surface area contributed by atoms with Crippen molar-refractivity contribution in [2.45, 2.75) is 31.6 Å². The van der Waals surface area contributed by atoms with E-state index in [0.717, 1.165) is 40.3 Å². The van der Waals surface area contributed by atoms with Gasteiger partial charge in [0.2, 0.25) is 5.88 Å². The molecule has 0 spiro atoms. The lowest BCUT2D eigenvalue weighted by Gasteiger charge is -2.34. The maximum absolute atomic E-state index is 13.4. The first-order valence-corrected chi connectivity index (χ1v) is 9.84. The Bertz CT molecular complexity index is 1100. The summed E-state index contributed by atoms with van der Waals surface area (Å²) in [6.45, 7) is 1.92. The number of carbonyl (C=O) groups is 1. The number of hydrogen-bond acceptors (Lipinski definition) is 5. The van der Waals surface area contributed by atoms with Crippen molar-refractivity contribution < 1.29 is 14.1 Å². The summed E-state index contributed by atoms with van der Waals surface area (Å²) in [7, 11) is 1.65. The van der Waals surface area contributed by atoms with Gasteiger partial charge in [-0.05, 0) is 42.5 Å². The van der Waals surface area contributed by atoms with Crippen LogP contribution in [0.3, 0.4) is 0 Å². The zero-order chi connectivity index (χ0) is 20.0. The second-order valence-corrected chi connectivity index (χ2v) is 7.67. The number of aromatic nitrogens is 1. The number of ketones is 1. The Morgan fingerprint density at radius 2 is 1.79 bits per heavy atom. The molecule has 5 rings (SSSR count). The van der Waals surface area contributed by atoms with Crippen LogP contribution in [0.15, 0.2) is 70.4 Å². The fourth-order valence-corrected chi connectivity index (χ4v) is 4.56. The van der Waals surface area contributed by atoms with E-state index in [1.165, 1.54) is 5.56 Å². The monoisotopic (exact) mass is 386 g/mol. The van der Waals surface area contributed by atoms with Crippen molar-refractivity contribution in [3.8, 4) is 5.75 Å². The molecule has 1 N–H and O–H groups in total. The lowest BCUT2D eigenvalue weighted by molar-refractivity contribution is -0.116. The minimum absolute atomic E-state index is 0.164. The second kappa shape index (κ2) is 6.92. The predicted octanol–water partition coefficient (Wildman–Crippen LogP) is 4.95. The zero-order valence-corrected chi connectivity index (χ0v) is 16.4. The highest BCUT2D eigenvalue weighted by atomic mass is 16.5. The maximum Gasteiger partial charge on any atom is 0.233 e. The molecule has 2 aromatic carbocycles. The fourth-order valence-electron chi connectivity index (χ4n) is 4.56. The van der Waals surface area contributed by atoms with E-state index in [4.69, 9.17) is 9.26 Å². The van der Waals surface area contributed by atoms with E-state index in [2.05, 4.69) is 22.6 Å². The van der Waals surface area contributed by atoms with Crippen LogP contribution in [-0.2, 0) is 4.79 Å². The number of aryl methyl sites for hydroxylation is 1. The van der Waals surface area contributed by atoms with Gasteiger partial charge in [-0.3, -0.25) is 4.79 Å². The molecule has 146 valence electrons. The van der Waals surface area contributed by atoms with Crippen molar-refractivity contribution in [2.75, 3.05) is 12.4 Å². The summed E-state index contributed by atoms with van der Waals surface area (Å²) in [6.07, 6.45) is 1.29. The number of fused-ring (bicyclic) bond motifs is 1. The van der Waals surface area contributed by atoms with E-state index in [0.29, 0.717) is 12.3 Å². The summed E-state index contributed by atoms with van der Waals surface area (Å²) in [4.78, 5) is 13.4. The van der Waals surface area contributed by atoms with Crippen molar-refractivity contribution in [3.05, 3.63) is 88.3 Å². The number of nitrogens with one attached hydrogen (secondary N) is 1. The Balaban J connectivity index is 1.61. The van der Waals surface area contributed by atoms with Crippen LogP contribution in [0.4, 0.5) is 5.88 Å². The van der Waals surface area contributed by atoms with Gasteiger partial charge in [0, 0.05) is 23.6 Å². The number of allylic oxidation sites excluding steroid dienone is 2. The van der Waals surface area contributed by atoms with Gasteiger partial charge < -0.3 is 14.6 Å². The van der Waals surface area contributed by atoms with Crippen LogP contribution in [-0.4, -0.2) is 18.0 Å². The normalized spacial score (nSPS) is 20.7. The molecule has 29 heavy (non-hydrogen) atoms. The molecule has 0 radical (unpaired) electrons. The summed E-state index contributed by atoms with van der Waals surface area (Å²) in [5.74, 6) is 1.60. The molecule has 2 aliphatic rings. The van der Waals surface area contributed by atoms with Gasteiger partial charge in [0.15, 0.2) is 5.78 Å². The first kappa shape index (κ1) is 17.7. The summed E-state index contributed by atoms with van der Waals surface area (Å²) >= 11 is 0. The molecule has 3 aromatic rings. The van der Waals surface area contributed by atoms with Gasteiger partial charge in [-0.1, -0.05) is 47.6 Å². The number of carbonyl (C=O) groups excluding carboxylic acids is 1. The van der Waals surface area contributed by atoms with Crippen molar-refractivity contribution in [2.24, 2.45) is 0 Å². The van der Waals surface area contributed by atoms with Gasteiger partial charge in [0.05, 0.1) is 18.4 Å². The molecule has 5 nitrogen and oxygen atoms in total. The summed E-state index contributed by atoms with van der Waals surface area (Å²) in [6, 6.07) is 18.1. The third-order valence-electron chi connectivity index (χ3n) is 5.98. The number of ether oxygens (including phenoxy) is 1. The van der Waals surface area contributed by atoms with E-state index in [-0.39, 0.29) is 17.6 Å². The van der Waals surface area contributed by atoms with Gasteiger partial charge in [-0.15, -0.1) is 0 Å². The van der Waals surface area contributed by atoms with Gasteiger partial charge >= 0.3 is 0 Å². The highest BCUT2D eigenvalue weighted by Crippen LogP contribution is 2.49. The number of hydrogen-bond donors (Lipinski definition) is 1. The minimum Gasteiger partial charge on any atom is -0.497 e. The molecule has 0 unspecified atom stereocenters. The van der Waals surface area contributed by atoms with Gasteiger partial charge in [0.1, 0.15) is 5.75 Å². The maximum atomic E-state index is 13.4. The third kappa shape index (κ3) is 2.94. The Hall–Kier alpha value is -3.34. The number of Topliss-reactive ketones (excluding diaryl/α,β-unsaturated/α-hetero) is 1. The SMILES string of the molecule is COc1ccc([C@@H]2C3=C(C[C@H](c4ccccc4)CC3=O)Nc3onc(C)c32)cc1. The van der Waals surface area contributed by atoms with Crippen molar-refractivity contribution in [3.63, 3.8) is 0 Å². The van der Waals surface area contributed by atoms with E-state index in [1.54, 1.807) is 7.11 Å². The number of anilines is 1. The average molecular weight is 386 g/mol. The molecule has 0 amide bonds. The summed E-state index contributed by atoms with van der Waals surface area (Å²) in [5.41, 5.74) is 5.76. The summed E-state index contributed by atoms with van der Waals surface area (Å²) in [5, 5.41) is 7.54. The van der Waals surface area contributed by atoms with Crippen LogP contribution in [0.2, 0.25) is 0 Å². The van der Waals surface area contributed by atoms with Crippen molar-refractivity contribution >= 4 is 11.7 Å². The minimum atomic E-state index is -0.178. The number of rotatable bonds is 3. The number of nitrogens with zero attached hydrogens (tertiary/aromatic N) is 1. The second-order valence-electron chi connectivity index (χ2n) is 7.67. The van der Waals surface area contributed by atoms with E-state index < -0.39 is 0 Å². The first-order chi connectivity index (χ1) is 14.2. The standard InChI is InChI=1S/C24H22N2O3/c1-14-21-22(16-8-10-18(28-2)11-9-16)23-19(25-24(21)29-26-14)12-17(13-20(23)27)15-6-4-3-5-7-15/h3-11,17,22,25H,12-13H2,1-2H3/t17-,22-/m0/s1. The van der Waals surface area contributed by atoms with Crippen LogP contribution >= 0.6 is 0 Å². The molecule has 0 saturated heterocycles. The Labute approximate surface area is 169 Å². The molecular formula is C24H22N2O3. The molecule has 5 heteroatoms. The largest absolute Gasteiger partial charge is 0.497 e. The molecule has 2 atom stereocenters. The van der Waals surface area contributed by atoms with E-state index >= 15 is 0 Å². The van der Waals surface area contributed by atoms with Gasteiger partial charge in [-0.25, -0.2) is 0 Å². The Kier molecular flexibility index (Phi) is 4.23. The van der Waals surface area contributed by atoms with Crippen LogP contribution in [0, 0.1) is 6.92 Å². The van der Waals surface area contributed by atoms with Crippen LogP contribution in [0.5, 0.6) is 5.75 Å². The fraction of sp³-hybridized carbons (Fsp3) is 0.250. The Morgan fingerprint density at radius 3 is 2.52 bits per heavy atom. The first-order valence-electron chi connectivity index (χ1n) is 9.84. The van der Waals surface area contributed by atoms with Gasteiger partial charge in [0.25, 0.3) is 0 Å². The molecule has 1 aromatic heterocycles. The highest BCUT2D eigenvalue weighted by molar-refractivity contribution is 6.01. The lowest BCUT2D eigenvalue weighted by atomic mass is 9.72. The average Bonchev–Trinajstić information content (AvgIpc) is 3.13. The predicted molar refractivity (Wildman–Crippen MR) is 110 cm³/mol. The molecule has 0 bridgehead atoms. The van der Waals surface area contributed by atoms with Crippen molar-refractivity contribution in [1.29, 1.82) is 0 Å². The molecular weight excluding hydrogens is 364 g/mol. The number of methoxy groups -OCH3 is 1. The van der Waals surface area contributed by atoms with Crippen molar-refractivity contribution in [1.82, 2.24) is 5.16 Å². The number of benzene rings is 2. The molecule has 2 heterocycles. The lowest BCUT2D eigenvalue weighted by Crippen LogP contribution is -2.29. The van der Waals surface area contributed by atoms with E-state index in [1.807, 2.05) is 49.4 Å². The Morgan fingerprint density at radius 1 is 1.03 bits per heavy atom. The molecule has 0 saturated carbocycles. The third-order valence-corrected chi connectivity index (χ3v) is 5.98. The van der Waals surface area contributed by atoms with Crippen LogP contribution < -0.4 is 10.1 Å². The van der Waals surface area contributed by atoms with Crippen LogP contribution in [0.25, 0.3) is 0 Å². The van der Waals surface area contributed by atoms with Crippen LogP contribution in [0.1, 0.15) is 47.1 Å². The topological polar surface area (TPSA) is 64.4 Å². The summed E-state index contributed by atoms with van der Waals surface area (Å²) < 4.78 is 10.9. The van der Waals surface area contributed by atoms with Gasteiger partial charge in [-0.2, -0.15) is 0 Å². The highest BCUT2D eigenvalue weighted by Gasteiger charge is 2.41. The van der Waals surface area contributed by atoms with E-state index in [9.17, 15) is 4.79 Å². The zero-order valence-electron chi connectivity index (χ0n) is 16.4. The smallest absolute Gasteiger partial charge is 0.233 e. The molecule has 1 aliphatic carbocycles. The molecule has 1 aliphatic heterocycles. The quantitative estimate of drug-likeness (QED) is 0.690. The molecule has 0 fully saturated rings.